The van der Waals surface area contributed by atoms with Crippen LogP contribution < -0.4 is 14.2 Å². The first-order valence-corrected chi connectivity index (χ1v) is 10.8. The number of ether oxygens (including phenoxy) is 3. The number of nitrogens with zero attached hydrogens (tertiary/aromatic N) is 3. The zero-order chi connectivity index (χ0) is 20.8. The van der Waals surface area contributed by atoms with E-state index in [4.69, 9.17) is 14.2 Å². The van der Waals surface area contributed by atoms with E-state index < -0.39 is 0 Å². The summed E-state index contributed by atoms with van der Waals surface area (Å²) >= 11 is 1.40. The van der Waals surface area contributed by atoms with Crippen molar-refractivity contribution in [2.75, 3.05) is 19.0 Å². The minimum Gasteiger partial charge on any atom is -0.486 e. The molecule has 0 N–H and O–H groups in total. The first kappa shape index (κ1) is 20.3. The number of para-hydroxylation sites is 1. The monoisotopic (exact) mass is 425 g/mol. The maximum atomic E-state index is 12.5. The lowest BCUT2D eigenvalue weighted by atomic mass is 10.1. The Hall–Kier alpha value is -3.00. The van der Waals surface area contributed by atoms with Crippen LogP contribution in [0.4, 0.5) is 0 Å². The predicted molar refractivity (Wildman–Crippen MR) is 113 cm³/mol. The number of carbonyl (C=O) groups is 1. The van der Waals surface area contributed by atoms with Crippen molar-refractivity contribution in [1.82, 2.24) is 14.8 Å². The van der Waals surface area contributed by atoms with E-state index >= 15 is 0 Å². The molecule has 4 rings (SSSR count). The van der Waals surface area contributed by atoms with Gasteiger partial charge in [-0.2, -0.15) is 0 Å². The van der Waals surface area contributed by atoms with E-state index in [1.54, 1.807) is 0 Å². The summed E-state index contributed by atoms with van der Waals surface area (Å²) in [7, 11) is 0. The van der Waals surface area contributed by atoms with Crippen molar-refractivity contribution in [3.8, 4) is 17.2 Å². The second kappa shape index (κ2) is 9.67. The molecule has 0 atom stereocenters. The van der Waals surface area contributed by atoms with Gasteiger partial charge in [0.2, 0.25) is 0 Å². The molecule has 30 heavy (non-hydrogen) atoms. The van der Waals surface area contributed by atoms with Crippen LogP contribution in [-0.2, 0) is 24.4 Å². The Bertz CT molecular complexity index is 1010. The van der Waals surface area contributed by atoms with Crippen molar-refractivity contribution in [3.05, 3.63) is 59.9 Å². The molecule has 1 aromatic heterocycles. The van der Waals surface area contributed by atoms with Gasteiger partial charge in [-0.15, -0.1) is 10.2 Å². The predicted octanol–water partition coefficient (Wildman–Crippen LogP) is 3.55. The van der Waals surface area contributed by atoms with E-state index in [-0.39, 0.29) is 5.78 Å². The minimum atomic E-state index is 0.115. The fraction of sp³-hybridized carbons (Fsp3) is 0.318. The number of rotatable bonds is 9. The van der Waals surface area contributed by atoms with Crippen molar-refractivity contribution < 1.29 is 19.0 Å². The van der Waals surface area contributed by atoms with Crippen LogP contribution >= 0.6 is 11.8 Å². The van der Waals surface area contributed by atoms with E-state index in [2.05, 4.69) is 10.2 Å². The number of aromatic nitrogens is 3. The van der Waals surface area contributed by atoms with Crippen molar-refractivity contribution in [3.63, 3.8) is 0 Å². The number of ketones is 1. The van der Waals surface area contributed by atoms with E-state index in [0.717, 1.165) is 28.0 Å². The molecule has 0 radical (unpaired) electrons. The molecule has 3 aromatic rings. The summed E-state index contributed by atoms with van der Waals surface area (Å²) in [5, 5.41) is 9.20. The number of thioether (sulfide) groups is 1. The maximum absolute atomic E-state index is 12.5. The Morgan fingerprint density at radius 1 is 1.10 bits per heavy atom. The highest BCUT2D eigenvalue weighted by Crippen LogP contribution is 2.31. The fourth-order valence-corrected chi connectivity index (χ4v) is 4.02. The molecule has 0 bridgehead atoms. The van der Waals surface area contributed by atoms with E-state index in [1.165, 1.54) is 11.8 Å². The van der Waals surface area contributed by atoms with E-state index in [0.29, 0.717) is 44.3 Å². The van der Waals surface area contributed by atoms with Crippen molar-refractivity contribution in [2.24, 2.45) is 0 Å². The molecule has 0 fully saturated rings. The van der Waals surface area contributed by atoms with Crippen LogP contribution in [0.3, 0.4) is 0 Å². The Balaban J connectivity index is 1.33. The summed E-state index contributed by atoms with van der Waals surface area (Å²) < 4.78 is 18.9. The van der Waals surface area contributed by atoms with Gasteiger partial charge < -0.3 is 18.8 Å². The van der Waals surface area contributed by atoms with Gasteiger partial charge in [0.25, 0.3) is 0 Å². The maximum Gasteiger partial charge on any atom is 0.191 e. The van der Waals surface area contributed by atoms with Gasteiger partial charge in [-0.1, -0.05) is 36.0 Å². The van der Waals surface area contributed by atoms with Gasteiger partial charge in [0.1, 0.15) is 31.4 Å². The van der Waals surface area contributed by atoms with Crippen LogP contribution in [0.5, 0.6) is 17.2 Å². The number of carbonyl (C=O) groups excluding carboxylic acids is 1. The molecule has 1 aliphatic heterocycles. The molecule has 0 aliphatic carbocycles. The van der Waals surface area contributed by atoms with Crippen LogP contribution in [0.2, 0.25) is 0 Å². The summed E-state index contributed by atoms with van der Waals surface area (Å²) in [5.41, 5.74) is 0.916. The Kier molecular flexibility index (Phi) is 6.53. The highest BCUT2D eigenvalue weighted by Gasteiger charge is 2.16. The van der Waals surface area contributed by atoms with Gasteiger partial charge in [-0.05, 0) is 36.8 Å². The molecule has 2 aromatic carbocycles. The van der Waals surface area contributed by atoms with Crippen molar-refractivity contribution in [2.45, 2.75) is 31.7 Å². The lowest BCUT2D eigenvalue weighted by Crippen LogP contribution is -2.15. The molecule has 0 spiro atoms. The normalized spacial score (nSPS) is 12.6. The van der Waals surface area contributed by atoms with E-state index in [1.807, 2.05) is 60.0 Å². The van der Waals surface area contributed by atoms with Crippen molar-refractivity contribution in [1.29, 1.82) is 0 Å². The third kappa shape index (κ3) is 4.94. The standard InChI is InChI=1S/C22H23N3O4S/c1-2-25-21(14-29-18-6-4-3-5-7-18)23-24-22(25)30-15-17(26)12-16-8-9-19-20(13-16)28-11-10-27-19/h3-9,13H,2,10-12,14-15H2,1H3. The first-order valence-electron chi connectivity index (χ1n) is 9.86. The molecular weight excluding hydrogens is 402 g/mol. The van der Waals surface area contributed by atoms with Gasteiger partial charge >= 0.3 is 0 Å². The molecule has 0 saturated heterocycles. The molecule has 2 heterocycles. The van der Waals surface area contributed by atoms with Crippen LogP contribution in [0.25, 0.3) is 0 Å². The second-order valence-electron chi connectivity index (χ2n) is 6.73. The quantitative estimate of drug-likeness (QED) is 0.485. The minimum absolute atomic E-state index is 0.115. The highest BCUT2D eigenvalue weighted by atomic mass is 32.2. The molecule has 156 valence electrons. The average Bonchev–Trinajstić information content (AvgIpc) is 3.18. The second-order valence-corrected chi connectivity index (χ2v) is 7.67. The number of benzene rings is 2. The molecule has 8 heteroatoms. The molecule has 1 aliphatic rings. The smallest absolute Gasteiger partial charge is 0.191 e. The zero-order valence-corrected chi connectivity index (χ0v) is 17.6. The summed E-state index contributed by atoms with van der Waals surface area (Å²) in [6, 6.07) is 15.2. The van der Waals surface area contributed by atoms with Gasteiger partial charge in [-0.25, -0.2) is 0 Å². The molecule has 0 unspecified atom stereocenters. The van der Waals surface area contributed by atoms with Crippen LogP contribution in [0.1, 0.15) is 18.3 Å². The van der Waals surface area contributed by atoms with E-state index in [9.17, 15) is 4.79 Å². The lowest BCUT2D eigenvalue weighted by molar-refractivity contribution is -0.116. The summed E-state index contributed by atoms with van der Waals surface area (Å²) in [6.07, 6.45) is 0.341. The van der Waals surface area contributed by atoms with Gasteiger partial charge in [-0.3, -0.25) is 4.79 Å². The summed E-state index contributed by atoms with van der Waals surface area (Å²) in [6.45, 7) is 4.15. The van der Waals surface area contributed by atoms with Crippen molar-refractivity contribution >= 4 is 17.5 Å². The third-order valence-electron chi connectivity index (χ3n) is 4.59. The topological polar surface area (TPSA) is 75.5 Å². The fourth-order valence-electron chi connectivity index (χ4n) is 3.14. The largest absolute Gasteiger partial charge is 0.486 e. The van der Waals surface area contributed by atoms with Gasteiger partial charge in [0.15, 0.2) is 22.5 Å². The number of fused-ring (bicyclic) bond motifs is 1. The molecular formula is C22H23N3O4S. The first-order chi connectivity index (χ1) is 14.7. The number of hydrogen-bond donors (Lipinski definition) is 0. The average molecular weight is 426 g/mol. The lowest BCUT2D eigenvalue weighted by Gasteiger charge is -2.18. The Morgan fingerprint density at radius 2 is 1.90 bits per heavy atom. The van der Waals surface area contributed by atoms with Gasteiger partial charge in [0.05, 0.1) is 5.75 Å². The Labute approximate surface area is 179 Å². The zero-order valence-electron chi connectivity index (χ0n) is 16.7. The number of Topliss-reactive ketones (excluding diaryl/α,β-unsaturated/α-hetero) is 1. The molecule has 0 saturated carbocycles. The van der Waals surface area contributed by atoms with Crippen LogP contribution in [0.15, 0.2) is 53.7 Å². The highest BCUT2D eigenvalue weighted by molar-refractivity contribution is 7.99. The molecule has 0 amide bonds. The third-order valence-corrected chi connectivity index (χ3v) is 5.62. The molecule has 7 nitrogen and oxygen atoms in total. The Morgan fingerprint density at radius 3 is 2.70 bits per heavy atom. The summed E-state index contributed by atoms with van der Waals surface area (Å²) in [4.78, 5) is 12.5. The number of hydrogen-bond acceptors (Lipinski definition) is 7. The SMILES string of the molecule is CCn1c(COc2ccccc2)nnc1SCC(=O)Cc1ccc2c(c1)OCCO2. The van der Waals surface area contributed by atoms with Crippen LogP contribution in [-0.4, -0.2) is 39.5 Å². The summed E-state index contributed by atoms with van der Waals surface area (Å²) in [5.74, 6) is 3.40. The van der Waals surface area contributed by atoms with Gasteiger partial charge in [0, 0.05) is 13.0 Å². The van der Waals surface area contributed by atoms with Crippen LogP contribution in [0, 0.1) is 0 Å².